The van der Waals surface area contributed by atoms with Crippen molar-refractivity contribution in [2.45, 2.75) is 12.7 Å². The first-order valence-corrected chi connectivity index (χ1v) is 8.93. The number of carbonyl (C=O) groups excluding carboxylic acids is 1. The minimum atomic E-state index is -0.354. The molecule has 0 saturated carbocycles. The van der Waals surface area contributed by atoms with Gasteiger partial charge < -0.3 is 15.0 Å². The van der Waals surface area contributed by atoms with E-state index in [9.17, 15) is 4.79 Å². The van der Waals surface area contributed by atoms with Gasteiger partial charge in [0, 0.05) is 22.5 Å². The highest BCUT2D eigenvalue weighted by Gasteiger charge is 2.24. The highest BCUT2D eigenvalue weighted by atomic mass is 32.2. The summed E-state index contributed by atoms with van der Waals surface area (Å²) in [7, 11) is 0. The Morgan fingerprint density at radius 2 is 1.84 bits per heavy atom. The zero-order valence-corrected chi connectivity index (χ0v) is 14.7. The minimum absolute atomic E-state index is 0.0136. The first kappa shape index (κ1) is 17.1. The highest BCUT2D eigenvalue weighted by molar-refractivity contribution is 8.13. The second-order valence-electron chi connectivity index (χ2n) is 5.38. The Hall–Kier alpha value is -2.73. The lowest BCUT2D eigenvalue weighted by Crippen LogP contribution is -2.11. The number of aromatic nitrogens is 1. The molecule has 0 aliphatic heterocycles. The van der Waals surface area contributed by atoms with E-state index in [1.165, 1.54) is 11.8 Å². The van der Waals surface area contributed by atoms with Gasteiger partial charge in [-0.15, -0.1) is 0 Å². The minimum Gasteiger partial charge on any atom is -0.462 e. The summed E-state index contributed by atoms with van der Waals surface area (Å²) in [5.41, 5.74) is 8.73. The molecule has 0 amide bonds. The highest BCUT2D eigenvalue weighted by Crippen LogP contribution is 2.32. The molecular formula is C19H19N3O2S. The number of nitrogens with zero attached hydrogens (tertiary/aromatic N) is 1. The fraction of sp³-hybridized carbons (Fsp3) is 0.158. The molecule has 0 atom stereocenters. The molecule has 0 aliphatic rings. The number of fused-ring (bicyclic) bond motifs is 1. The van der Waals surface area contributed by atoms with E-state index in [1.54, 1.807) is 6.92 Å². The first-order chi connectivity index (χ1) is 12.1. The third-order valence-corrected chi connectivity index (χ3v) is 4.56. The SMILES string of the molecule is CCOC(=O)c1c(CSC(=N)N)n(-c2ccccc2)c2ccccc12. The van der Waals surface area contributed by atoms with Crippen molar-refractivity contribution in [1.29, 1.82) is 5.41 Å². The van der Waals surface area contributed by atoms with Crippen LogP contribution < -0.4 is 5.73 Å². The number of nitrogens with one attached hydrogen (secondary N) is 1. The number of hydrogen-bond acceptors (Lipinski definition) is 4. The van der Waals surface area contributed by atoms with Crippen molar-refractivity contribution < 1.29 is 9.53 Å². The van der Waals surface area contributed by atoms with Crippen molar-refractivity contribution >= 4 is 33.8 Å². The molecule has 0 spiro atoms. The molecule has 25 heavy (non-hydrogen) atoms. The van der Waals surface area contributed by atoms with Crippen LogP contribution in [0.25, 0.3) is 16.6 Å². The standard InChI is InChI=1S/C19H19N3O2S/c1-2-24-18(23)17-14-10-6-7-11-15(14)22(13-8-4-3-5-9-13)16(17)12-25-19(20)21/h3-11H,2,12H2,1H3,(H3,20,21). The lowest BCUT2D eigenvalue weighted by Gasteiger charge is -2.12. The van der Waals surface area contributed by atoms with E-state index in [2.05, 4.69) is 0 Å². The fourth-order valence-corrected chi connectivity index (χ4v) is 3.44. The topological polar surface area (TPSA) is 81.1 Å². The Morgan fingerprint density at radius 3 is 2.52 bits per heavy atom. The van der Waals surface area contributed by atoms with E-state index in [1.807, 2.05) is 59.2 Å². The molecular weight excluding hydrogens is 334 g/mol. The molecule has 0 aliphatic carbocycles. The van der Waals surface area contributed by atoms with Gasteiger partial charge in [0.05, 0.1) is 17.7 Å². The number of esters is 1. The van der Waals surface area contributed by atoms with Crippen molar-refractivity contribution in [2.24, 2.45) is 5.73 Å². The number of rotatable bonds is 5. The lowest BCUT2D eigenvalue weighted by molar-refractivity contribution is 0.0527. The van der Waals surface area contributed by atoms with E-state index in [0.717, 1.165) is 22.3 Å². The Bertz CT molecular complexity index is 919. The average Bonchev–Trinajstić information content (AvgIpc) is 2.95. The molecule has 0 fully saturated rings. The summed E-state index contributed by atoms with van der Waals surface area (Å²) in [6.45, 7) is 2.10. The van der Waals surface area contributed by atoms with Crippen molar-refractivity contribution in [2.75, 3.05) is 6.61 Å². The van der Waals surface area contributed by atoms with Gasteiger partial charge in [-0.2, -0.15) is 0 Å². The predicted octanol–water partition coefficient (Wildman–Crippen LogP) is 3.93. The number of nitrogens with two attached hydrogens (primary N) is 1. The van der Waals surface area contributed by atoms with Crippen LogP contribution in [0, 0.1) is 5.41 Å². The maximum absolute atomic E-state index is 12.6. The molecule has 0 unspecified atom stereocenters. The molecule has 0 radical (unpaired) electrons. The Balaban J connectivity index is 2.29. The van der Waals surface area contributed by atoms with E-state index < -0.39 is 0 Å². The van der Waals surface area contributed by atoms with Gasteiger partial charge in [-0.3, -0.25) is 5.41 Å². The van der Waals surface area contributed by atoms with Crippen LogP contribution in [0.2, 0.25) is 0 Å². The van der Waals surface area contributed by atoms with Gasteiger partial charge in [-0.1, -0.05) is 48.2 Å². The summed E-state index contributed by atoms with van der Waals surface area (Å²) in [5.74, 6) is 0.0556. The molecule has 3 aromatic rings. The first-order valence-electron chi connectivity index (χ1n) is 7.95. The van der Waals surface area contributed by atoms with E-state index in [-0.39, 0.29) is 11.1 Å². The maximum atomic E-state index is 12.6. The predicted molar refractivity (Wildman–Crippen MR) is 102 cm³/mol. The van der Waals surface area contributed by atoms with Gasteiger partial charge in [0.15, 0.2) is 5.17 Å². The maximum Gasteiger partial charge on any atom is 0.340 e. The van der Waals surface area contributed by atoms with Gasteiger partial charge in [0.2, 0.25) is 0 Å². The number of benzene rings is 2. The summed E-state index contributed by atoms with van der Waals surface area (Å²) in [6.07, 6.45) is 0. The van der Waals surface area contributed by atoms with E-state index in [4.69, 9.17) is 15.9 Å². The summed E-state index contributed by atoms with van der Waals surface area (Å²) in [4.78, 5) is 12.6. The van der Waals surface area contributed by atoms with Crippen molar-refractivity contribution in [3.05, 3.63) is 65.9 Å². The largest absolute Gasteiger partial charge is 0.462 e. The summed E-state index contributed by atoms with van der Waals surface area (Å²) < 4.78 is 7.33. The zero-order valence-electron chi connectivity index (χ0n) is 13.9. The smallest absolute Gasteiger partial charge is 0.340 e. The monoisotopic (exact) mass is 353 g/mol. The second-order valence-corrected chi connectivity index (χ2v) is 6.40. The van der Waals surface area contributed by atoms with Gasteiger partial charge in [-0.05, 0) is 25.1 Å². The van der Waals surface area contributed by atoms with Gasteiger partial charge >= 0.3 is 5.97 Å². The average molecular weight is 353 g/mol. The van der Waals surface area contributed by atoms with Crippen molar-refractivity contribution in [3.63, 3.8) is 0 Å². The normalized spacial score (nSPS) is 10.8. The van der Waals surface area contributed by atoms with Gasteiger partial charge in [0.1, 0.15) is 0 Å². The molecule has 2 aromatic carbocycles. The second kappa shape index (κ2) is 7.44. The molecule has 3 rings (SSSR count). The Kier molecular flexibility index (Phi) is 5.09. The van der Waals surface area contributed by atoms with Crippen LogP contribution in [-0.2, 0) is 10.5 Å². The molecule has 5 nitrogen and oxygen atoms in total. The molecule has 0 bridgehead atoms. The summed E-state index contributed by atoms with van der Waals surface area (Å²) in [6, 6.07) is 17.6. The molecule has 0 saturated heterocycles. The Morgan fingerprint density at radius 1 is 1.16 bits per heavy atom. The third-order valence-electron chi connectivity index (χ3n) is 3.83. The molecule has 1 aromatic heterocycles. The van der Waals surface area contributed by atoms with Gasteiger partial charge in [-0.25, -0.2) is 4.79 Å². The van der Waals surface area contributed by atoms with Crippen LogP contribution in [-0.4, -0.2) is 22.3 Å². The molecule has 6 heteroatoms. The number of carbonyl (C=O) groups is 1. The van der Waals surface area contributed by atoms with Gasteiger partial charge in [0.25, 0.3) is 0 Å². The van der Waals surface area contributed by atoms with Crippen molar-refractivity contribution in [1.82, 2.24) is 4.57 Å². The van der Waals surface area contributed by atoms with Crippen LogP contribution in [0.15, 0.2) is 54.6 Å². The van der Waals surface area contributed by atoms with Crippen LogP contribution in [0.4, 0.5) is 0 Å². The van der Waals surface area contributed by atoms with Crippen LogP contribution in [0.5, 0.6) is 0 Å². The quantitative estimate of drug-likeness (QED) is 0.414. The molecule has 3 N–H and O–H groups in total. The summed E-state index contributed by atoms with van der Waals surface area (Å²) >= 11 is 1.19. The van der Waals surface area contributed by atoms with Crippen molar-refractivity contribution in [3.8, 4) is 5.69 Å². The lowest BCUT2D eigenvalue weighted by atomic mass is 10.1. The van der Waals surface area contributed by atoms with E-state index >= 15 is 0 Å². The Labute approximate surface area is 150 Å². The van der Waals surface area contributed by atoms with Crippen LogP contribution in [0.3, 0.4) is 0 Å². The molecule has 1 heterocycles. The number of ether oxygens (including phenoxy) is 1. The zero-order chi connectivity index (χ0) is 17.8. The fourth-order valence-electron chi connectivity index (χ4n) is 2.88. The van der Waals surface area contributed by atoms with Crippen LogP contribution >= 0.6 is 11.8 Å². The third kappa shape index (κ3) is 3.39. The number of hydrogen-bond donors (Lipinski definition) is 2. The van der Waals surface area contributed by atoms with E-state index in [0.29, 0.717) is 17.9 Å². The summed E-state index contributed by atoms with van der Waals surface area (Å²) in [5, 5.41) is 8.38. The molecule has 128 valence electrons. The van der Waals surface area contributed by atoms with Crippen LogP contribution in [0.1, 0.15) is 23.0 Å². The number of thioether (sulfide) groups is 1. The number of para-hydroxylation sites is 2. The number of amidine groups is 1.